The molecule has 0 aliphatic heterocycles. The highest BCUT2D eigenvalue weighted by atomic mass is 19.4. The molecule has 0 saturated carbocycles. The summed E-state index contributed by atoms with van der Waals surface area (Å²) < 4.78 is 63.3. The molecule has 170 valence electrons. The van der Waals surface area contributed by atoms with Gasteiger partial charge in [-0.1, -0.05) is 19.9 Å². The summed E-state index contributed by atoms with van der Waals surface area (Å²) in [5.41, 5.74) is -0.784. The van der Waals surface area contributed by atoms with Crippen LogP contribution in [-0.4, -0.2) is 41.6 Å². The van der Waals surface area contributed by atoms with Crippen LogP contribution in [0, 0.1) is 5.82 Å². The molecular weight excluding hydrogens is 416 g/mol. The van der Waals surface area contributed by atoms with Gasteiger partial charge in [0.25, 0.3) is 5.91 Å². The van der Waals surface area contributed by atoms with Gasteiger partial charge in [-0.15, -0.1) is 0 Å². The second kappa shape index (κ2) is 10.5. The van der Waals surface area contributed by atoms with Gasteiger partial charge in [-0.3, -0.25) is 4.79 Å². The standard InChI is InChI=1S/C22H26F4N2O3/c1-5-17(18(6-2)31-19-12-11-14(13-27-19)22(24,25)26)28(7-3)21(29)15-9-8-10-16(23)20(15)30-4/h8-13,17-18H,5-7H2,1-4H3. The number of hydrogen-bond acceptors (Lipinski definition) is 4. The molecule has 0 aliphatic carbocycles. The number of likely N-dealkylation sites (N-methyl/N-ethyl adjacent to an activating group) is 1. The highest BCUT2D eigenvalue weighted by molar-refractivity contribution is 5.97. The van der Waals surface area contributed by atoms with Crippen molar-refractivity contribution in [3.05, 3.63) is 53.5 Å². The summed E-state index contributed by atoms with van der Waals surface area (Å²) in [6, 6.07) is 5.76. The Hall–Kier alpha value is -2.84. The van der Waals surface area contributed by atoms with E-state index in [4.69, 9.17) is 9.47 Å². The normalized spacial score (nSPS) is 13.4. The third kappa shape index (κ3) is 5.65. The van der Waals surface area contributed by atoms with Crippen molar-refractivity contribution in [2.24, 2.45) is 0 Å². The van der Waals surface area contributed by atoms with Gasteiger partial charge in [0.15, 0.2) is 11.6 Å². The maximum atomic E-state index is 14.1. The number of methoxy groups -OCH3 is 1. The van der Waals surface area contributed by atoms with Crippen molar-refractivity contribution in [2.45, 2.75) is 51.9 Å². The molecule has 0 bridgehead atoms. The van der Waals surface area contributed by atoms with Crippen LogP contribution in [0.5, 0.6) is 11.6 Å². The van der Waals surface area contributed by atoms with Crippen LogP contribution < -0.4 is 9.47 Å². The van der Waals surface area contributed by atoms with Crippen LogP contribution in [-0.2, 0) is 6.18 Å². The number of para-hydroxylation sites is 1. The van der Waals surface area contributed by atoms with Crippen molar-refractivity contribution >= 4 is 5.91 Å². The lowest BCUT2D eigenvalue weighted by Gasteiger charge is -2.35. The summed E-state index contributed by atoms with van der Waals surface area (Å²) >= 11 is 0. The van der Waals surface area contributed by atoms with Gasteiger partial charge in [0.05, 0.1) is 24.3 Å². The van der Waals surface area contributed by atoms with E-state index < -0.39 is 35.6 Å². The number of carbonyl (C=O) groups excluding carboxylic acids is 1. The van der Waals surface area contributed by atoms with Crippen molar-refractivity contribution in [2.75, 3.05) is 13.7 Å². The molecule has 2 rings (SSSR count). The van der Waals surface area contributed by atoms with E-state index in [0.717, 1.165) is 12.1 Å². The molecule has 2 atom stereocenters. The van der Waals surface area contributed by atoms with Crippen LogP contribution in [0.2, 0.25) is 0 Å². The van der Waals surface area contributed by atoms with E-state index in [-0.39, 0.29) is 17.2 Å². The fraction of sp³-hybridized carbons (Fsp3) is 0.455. The number of nitrogens with zero attached hydrogens (tertiary/aromatic N) is 2. The van der Waals surface area contributed by atoms with Gasteiger partial charge >= 0.3 is 6.18 Å². The Labute approximate surface area is 179 Å². The predicted octanol–water partition coefficient (Wildman–Crippen LogP) is 5.35. The minimum Gasteiger partial charge on any atom is -0.493 e. The Balaban J connectivity index is 2.29. The highest BCUT2D eigenvalue weighted by Crippen LogP contribution is 2.30. The van der Waals surface area contributed by atoms with Gasteiger partial charge in [0, 0.05) is 18.8 Å². The minimum atomic E-state index is -4.49. The van der Waals surface area contributed by atoms with E-state index in [1.165, 1.54) is 25.3 Å². The van der Waals surface area contributed by atoms with Crippen molar-refractivity contribution in [1.82, 2.24) is 9.88 Å². The lowest BCUT2D eigenvalue weighted by molar-refractivity contribution is -0.137. The molecule has 0 spiro atoms. The molecule has 5 nitrogen and oxygen atoms in total. The van der Waals surface area contributed by atoms with Gasteiger partial charge in [-0.2, -0.15) is 13.2 Å². The van der Waals surface area contributed by atoms with Crippen molar-refractivity contribution in [1.29, 1.82) is 0 Å². The van der Waals surface area contributed by atoms with Crippen molar-refractivity contribution < 1.29 is 31.8 Å². The van der Waals surface area contributed by atoms with Gasteiger partial charge in [-0.25, -0.2) is 9.37 Å². The molecule has 2 unspecified atom stereocenters. The first-order valence-corrected chi connectivity index (χ1v) is 10.0. The number of hydrogen-bond donors (Lipinski definition) is 0. The molecule has 1 amide bonds. The summed E-state index contributed by atoms with van der Waals surface area (Å²) in [5.74, 6) is -1.17. The maximum Gasteiger partial charge on any atom is 0.417 e. The summed E-state index contributed by atoms with van der Waals surface area (Å²) in [7, 11) is 1.29. The smallest absolute Gasteiger partial charge is 0.417 e. The average molecular weight is 442 g/mol. The first-order chi connectivity index (χ1) is 14.7. The number of ether oxygens (including phenoxy) is 2. The zero-order valence-electron chi connectivity index (χ0n) is 17.9. The van der Waals surface area contributed by atoms with Gasteiger partial charge in [0.1, 0.15) is 6.10 Å². The number of amides is 1. The highest BCUT2D eigenvalue weighted by Gasteiger charge is 2.33. The van der Waals surface area contributed by atoms with E-state index >= 15 is 0 Å². The number of benzene rings is 1. The quantitative estimate of drug-likeness (QED) is 0.492. The summed E-state index contributed by atoms with van der Waals surface area (Å²) in [6.45, 7) is 5.82. The van der Waals surface area contributed by atoms with Crippen LogP contribution in [0.15, 0.2) is 36.5 Å². The molecule has 1 aromatic carbocycles. The summed E-state index contributed by atoms with van der Waals surface area (Å²) in [4.78, 5) is 18.5. The monoisotopic (exact) mass is 442 g/mol. The van der Waals surface area contributed by atoms with Crippen LogP contribution in [0.1, 0.15) is 49.5 Å². The number of aromatic nitrogens is 1. The first-order valence-electron chi connectivity index (χ1n) is 10.0. The SMILES string of the molecule is CCC(Oc1ccc(C(F)(F)F)cn1)C(CC)N(CC)C(=O)c1cccc(F)c1OC. The Morgan fingerprint density at radius 2 is 1.84 bits per heavy atom. The van der Waals surface area contributed by atoms with Crippen molar-refractivity contribution in [3.8, 4) is 11.6 Å². The third-order valence-electron chi connectivity index (χ3n) is 4.99. The number of rotatable bonds is 9. The average Bonchev–Trinajstić information content (AvgIpc) is 2.75. The van der Waals surface area contributed by atoms with Crippen LogP contribution in [0.3, 0.4) is 0 Å². The second-order valence-corrected chi connectivity index (χ2v) is 6.83. The largest absolute Gasteiger partial charge is 0.493 e. The number of halogens is 4. The fourth-order valence-electron chi connectivity index (χ4n) is 3.46. The van der Waals surface area contributed by atoms with E-state index in [2.05, 4.69) is 4.98 Å². The molecule has 31 heavy (non-hydrogen) atoms. The van der Waals surface area contributed by atoms with Crippen molar-refractivity contribution in [3.63, 3.8) is 0 Å². The van der Waals surface area contributed by atoms with E-state index in [1.54, 1.807) is 11.8 Å². The molecule has 0 saturated heterocycles. The Bertz CT molecular complexity index is 872. The topological polar surface area (TPSA) is 51.7 Å². The van der Waals surface area contributed by atoms with Gasteiger partial charge in [0.2, 0.25) is 5.88 Å². The molecule has 1 aromatic heterocycles. The lowest BCUT2D eigenvalue weighted by Crippen LogP contribution is -2.48. The Morgan fingerprint density at radius 1 is 1.13 bits per heavy atom. The molecule has 1 heterocycles. The van der Waals surface area contributed by atoms with Gasteiger partial charge in [-0.05, 0) is 38.0 Å². The summed E-state index contributed by atoms with van der Waals surface area (Å²) in [6.07, 6.45) is -3.32. The van der Waals surface area contributed by atoms with E-state index in [9.17, 15) is 22.4 Å². The Kier molecular flexibility index (Phi) is 8.24. The molecule has 0 fully saturated rings. The summed E-state index contributed by atoms with van der Waals surface area (Å²) in [5, 5.41) is 0. The molecule has 0 N–H and O–H groups in total. The maximum absolute atomic E-state index is 14.1. The molecular formula is C22H26F4N2O3. The molecule has 0 radical (unpaired) electrons. The first kappa shape index (κ1) is 24.4. The van der Waals surface area contributed by atoms with E-state index in [1.807, 2.05) is 13.8 Å². The van der Waals surface area contributed by atoms with Gasteiger partial charge < -0.3 is 14.4 Å². The molecule has 2 aromatic rings. The number of carbonyl (C=O) groups is 1. The fourth-order valence-corrected chi connectivity index (χ4v) is 3.46. The van der Waals surface area contributed by atoms with Crippen LogP contribution in [0.4, 0.5) is 17.6 Å². The van der Waals surface area contributed by atoms with E-state index in [0.29, 0.717) is 25.6 Å². The zero-order chi connectivity index (χ0) is 23.2. The predicted molar refractivity (Wildman–Crippen MR) is 108 cm³/mol. The Morgan fingerprint density at radius 3 is 2.32 bits per heavy atom. The lowest BCUT2D eigenvalue weighted by atomic mass is 10.0. The zero-order valence-corrected chi connectivity index (χ0v) is 17.9. The van der Waals surface area contributed by atoms with Crippen LogP contribution >= 0.6 is 0 Å². The third-order valence-corrected chi connectivity index (χ3v) is 4.99. The van der Waals surface area contributed by atoms with Crippen LogP contribution in [0.25, 0.3) is 0 Å². The minimum absolute atomic E-state index is 0.0325. The molecule has 0 aliphatic rings. The number of pyridine rings is 1. The number of alkyl halides is 3. The second-order valence-electron chi connectivity index (χ2n) is 6.83. The molecule has 9 heteroatoms.